The van der Waals surface area contributed by atoms with E-state index in [1.807, 2.05) is 20.8 Å². The topological polar surface area (TPSA) is 116 Å². The number of cyclic esters (lactones) is 1. The smallest absolute Gasteiger partial charge is 0.329 e. The summed E-state index contributed by atoms with van der Waals surface area (Å²) >= 11 is 0. The maximum atomic E-state index is 13.2. The molecule has 2 fully saturated rings. The molecule has 0 radical (unpaired) electrons. The Labute approximate surface area is 192 Å². The van der Waals surface area contributed by atoms with Crippen LogP contribution in [0.2, 0.25) is 0 Å². The van der Waals surface area contributed by atoms with Gasteiger partial charge in [-0.15, -0.1) is 0 Å². The van der Waals surface area contributed by atoms with Crippen LogP contribution in [-0.4, -0.2) is 69.8 Å². The first-order valence-corrected chi connectivity index (χ1v) is 12.2. The molecule has 0 spiro atoms. The normalized spacial score (nSPS) is 31.9. The quantitative estimate of drug-likeness (QED) is 0.400. The van der Waals surface area contributed by atoms with Gasteiger partial charge in [0.25, 0.3) is 0 Å². The van der Waals surface area contributed by atoms with Crippen molar-refractivity contribution in [3.8, 4) is 0 Å². The molecule has 184 valence electrons. The predicted molar refractivity (Wildman–Crippen MR) is 120 cm³/mol. The third-order valence-electron chi connectivity index (χ3n) is 6.94. The van der Waals surface area contributed by atoms with Gasteiger partial charge in [0, 0.05) is 13.0 Å². The van der Waals surface area contributed by atoms with Crippen LogP contribution in [0.25, 0.3) is 0 Å². The van der Waals surface area contributed by atoms with Gasteiger partial charge in [0.2, 0.25) is 11.8 Å². The summed E-state index contributed by atoms with van der Waals surface area (Å²) in [5.74, 6) is -1.96. The molecule has 2 aliphatic heterocycles. The number of aliphatic hydroxyl groups excluding tert-OH is 2. The molecule has 2 aliphatic rings. The summed E-state index contributed by atoms with van der Waals surface area (Å²) in [6.45, 7) is 9.56. The lowest BCUT2D eigenvalue weighted by Gasteiger charge is -2.35. The summed E-state index contributed by atoms with van der Waals surface area (Å²) in [5.41, 5.74) is 0. The Morgan fingerprint density at radius 3 is 2.41 bits per heavy atom. The van der Waals surface area contributed by atoms with E-state index in [2.05, 4.69) is 5.32 Å². The molecule has 0 aliphatic carbocycles. The molecule has 2 rings (SSSR count). The SMILES string of the molecule is CC(O)CCCCC(C)C1CC(O)C(C)C(=O)NC(C(C)C)C(=O)N2CCC[C@H]2C(=O)O1. The number of esters is 1. The standard InChI is InChI=1S/C24H42N2O6/c1-14(2)21-23(30)26-12-8-11-18(26)24(31)32-20(13-19(28)17(5)22(29)25-21)15(3)9-6-7-10-16(4)27/h14-21,27-28H,6-13H2,1-5H3,(H,25,29)/t15?,16?,17?,18-,19?,20?,21?/m0/s1. The summed E-state index contributed by atoms with van der Waals surface area (Å²) in [6.07, 6.45) is 2.78. The third kappa shape index (κ3) is 6.91. The Balaban J connectivity index is 2.23. The maximum absolute atomic E-state index is 13.2. The molecule has 2 heterocycles. The number of aliphatic hydroxyl groups is 2. The van der Waals surface area contributed by atoms with Crippen molar-refractivity contribution in [2.75, 3.05) is 6.54 Å². The average Bonchev–Trinajstić information content (AvgIpc) is 3.22. The van der Waals surface area contributed by atoms with Crippen LogP contribution >= 0.6 is 0 Å². The number of amides is 2. The van der Waals surface area contributed by atoms with E-state index in [0.717, 1.165) is 19.3 Å². The van der Waals surface area contributed by atoms with Gasteiger partial charge in [0.15, 0.2) is 0 Å². The van der Waals surface area contributed by atoms with Gasteiger partial charge in [0.05, 0.1) is 18.1 Å². The van der Waals surface area contributed by atoms with Crippen molar-refractivity contribution in [3.05, 3.63) is 0 Å². The molecule has 8 nitrogen and oxygen atoms in total. The minimum atomic E-state index is -0.991. The zero-order chi connectivity index (χ0) is 24.0. The second-order valence-electron chi connectivity index (χ2n) is 10.1. The number of nitrogens with one attached hydrogen (secondary N) is 1. The number of hydrogen-bond donors (Lipinski definition) is 3. The Morgan fingerprint density at radius 1 is 1.12 bits per heavy atom. The van der Waals surface area contributed by atoms with Crippen LogP contribution in [-0.2, 0) is 19.1 Å². The highest BCUT2D eigenvalue weighted by Gasteiger charge is 2.42. The largest absolute Gasteiger partial charge is 0.460 e. The summed E-state index contributed by atoms with van der Waals surface area (Å²) in [6, 6.07) is -1.40. The lowest BCUT2D eigenvalue weighted by atomic mass is 9.89. The molecular weight excluding hydrogens is 412 g/mol. The van der Waals surface area contributed by atoms with Crippen molar-refractivity contribution in [2.24, 2.45) is 17.8 Å². The number of ether oxygens (including phenoxy) is 1. The highest BCUT2D eigenvalue weighted by Crippen LogP contribution is 2.27. The van der Waals surface area contributed by atoms with Crippen molar-refractivity contribution in [1.82, 2.24) is 10.2 Å². The van der Waals surface area contributed by atoms with Crippen molar-refractivity contribution in [3.63, 3.8) is 0 Å². The first kappa shape index (κ1) is 26.6. The zero-order valence-electron chi connectivity index (χ0n) is 20.3. The molecule has 0 aromatic rings. The number of nitrogens with zero attached hydrogens (tertiary/aromatic N) is 1. The van der Waals surface area contributed by atoms with Crippen molar-refractivity contribution >= 4 is 17.8 Å². The van der Waals surface area contributed by atoms with Crippen molar-refractivity contribution < 1.29 is 29.3 Å². The van der Waals surface area contributed by atoms with Crippen molar-refractivity contribution in [2.45, 2.75) is 110 Å². The van der Waals surface area contributed by atoms with Gasteiger partial charge in [-0.1, -0.05) is 40.5 Å². The van der Waals surface area contributed by atoms with Gasteiger partial charge in [-0.05, 0) is 44.4 Å². The number of carbonyl (C=O) groups excluding carboxylic acids is 3. The second kappa shape index (κ2) is 12.0. The van der Waals surface area contributed by atoms with Crippen LogP contribution < -0.4 is 5.32 Å². The number of rotatable bonds is 7. The minimum absolute atomic E-state index is 0.0187. The first-order valence-electron chi connectivity index (χ1n) is 12.2. The van der Waals surface area contributed by atoms with E-state index in [4.69, 9.17) is 4.74 Å². The Morgan fingerprint density at radius 2 is 1.78 bits per heavy atom. The predicted octanol–water partition coefficient (Wildman–Crippen LogP) is 2.01. The van der Waals surface area contributed by atoms with E-state index in [9.17, 15) is 24.6 Å². The zero-order valence-corrected chi connectivity index (χ0v) is 20.3. The summed E-state index contributed by atoms with van der Waals surface area (Å²) in [7, 11) is 0. The fourth-order valence-electron chi connectivity index (χ4n) is 4.59. The fourth-order valence-corrected chi connectivity index (χ4v) is 4.59. The van der Waals surface area contributed by atoms with Crippen LogP contribution in [0.3, 0.4) is 0 Å². The van der Waals surface area contributed by atoms with E-state index in [1.54, 1.807) is 18.7 Å². The molecule has 0 aromatic heterocycles. The number of carbonyl (C=O) groups is 3. The van der Waals surface area contributed by atoms with Gasteiger partial charge >= 0.3 is 5.97 Å². The maximum Gasteiger partial charge on any atom is 0.329 e. The lowest BCUT2D eigenvalue weighted by molar-refractivity contribution is -0.164. The average molecular weight is 455 g/mol. The van der Waals surface area contributed by atoms with Crippen LogP contribution in [0, 0.1) is 17.8 Å². The Kier molecular flexibility index (Phi) is 9.95. The molecule has 8 heteroatoms. The van der Waals surface area contributed by atoms with E-state index in [0.29, 0.717) is 25.8 Å². The summed E-state index contributed by atoms with van der Waals surface area (Å²) in [4.78, 5) is 40.7. The van der Waals surface area contributed by atoms with E-state index in [-0.39, 0.29) is 36.2 Å². The number of fused-ring (bicyclic) bond motifs is 1. The van der Waals surface area contributed by atoms with Gasteiger partial charge < -0.3 is 25.2 Å². The number of unbranched alkanes of at least 4 members (excludes halogenated alkanes) is 1. The van der Waals surface area contributed by atoms with Crippen LogP contribution in [0.15, 0.2) is 0 Å². The van der Waals surface area contributed by atoms with E-state index in [1.165, 1.54) is 0 Å². The fraction of sp³-hybridized carbons (Fsp3) is 0.875. The van der Waals surface area contributed by atoms with Crippen molar-refractivity contribution in [1.29, 1.82) is 0 Å². The van der Waals surface area contributed by atoms with Gasteiger partial charge in [-0.2, -0.15) is 0 Å². The van der Waals surface area contributed by atoms with Gasteiger partial charge in [-0.25, -0.2) is 4.79 Å². The second-order valence-corrected chi connectivity index (χ2v) is 10.1. The molecule has 6 unspecified atom stereocenters. The molecule has 3 N–H and O–H groups in total. The summed E-state index contributed by atoms with van der Waals surface area (Å²) in [5, 5.41) is 23.1. The van der Waals surface area contributed by atoms with Gasteiger partial charge in [0.1, 0.15) is 18.2 Å². The first-order chi connectivity index (χ1) is 15.0. The minimum Gasteiger partial charge on any atom is -0.460 e. The molecule has 32 heavy (non-hydrogen) atoms. The Bertz CT molecular complexity index is 652. The van der Waals surface area contributed by atoms with E-state index < -0.39 is 36.2 Å². The summed E-state index contributed by atoms with van der Waals surface area (Å²) < 4.78 is 5.90. The van der Waals surface area contributed by atoms with Crippen LogP contribution in [0.1, 0.15) is 79.6 Å². The molecular formula is C24H42N2O6. The molecule has 7 atom stereocenters. The highest BCUT2D eigenvalue weighted by atomic mass is 16.5. The van der Waals surface area contributed by atoms with Gasteiger partial charge in [-0.3, -0.25) is 9.59 Å². The molecule has 0 saturated carbocycles. The lowest BCUT2D eigenvalue weighted by Crippen LogP contribution is -2.56. The third-order valence-corrected chi connectivity index (χ3v) is 6.94. The van der Waals surface area contributed by atoms with E-state index >= 15 is 0 Å². The highest BCUT2D eigenvalue weighted by molar-refractivity contribution is 5.92. The molecule has 0 bridgehead atoms. The molecule has 2 saturated heterocycles. The number of hydrogen-bond acceptors (Lipinski definition) is 6. The molecule has 0 aromatic carbocycles. The Hall–Kier alpha value is -1.67. The molecule has 2 amide bonds. The monoisotopic (exact) mass is 454 g/mol. The van der Waals surface area contributed by atoms with Crippen LogP contribution in [0.5, 0.6) is 0 Å². The van der Waals surface area contributed by atoms with Crippen LogP contribution in [0.4, 0.5) is 0 Å².